The lowest BCUT2D eigenvalue weighted by atomic mass is 9.94. The van der Waals surface area contributed by atoms with E-state index in [-0.39, 0.29) is 35.5 Å². The average molecular weight is 483 g/mol. The summed E-state index contributed by atoms with van der Waals surface area (Å²) in [6.45, 7) is -0.307. The van der Waals surface area contributed by atoms with Gasteiger partial charge in [-0.15, -0.1) is 0 Å². The molecule has 0 aliphatic carbocycles. The molecule has 0 bridgehead atoms. The topological polar surface area (TPSA) is 196 Å². The molecule has 0 fully saturated rings. The van der Waals surface area contributed by atoms with Gasteiger partial charge >= 0.3 is 0 Å². The highest BCUT2D eigenvalue weighted by atomic mass is 16.5. The van der Waals surface area contributed by atoms with Crippen molar-refractivity contribution in [3.63, 3.8) is 0 Å². The van der Waals surface area contributed by atoms with Gasteiger partial charge in [0.25, 0.3) is 5.91 Å². The summed E-state index contributed by atoms with van der Waals surface area (Å²) in [5.41, 5.74) is 13.7. The van der Waals surface area contributed by atoms with Gasteiger partial charge in [-0.2, -0.15) is 10.5 Å². The number of methoxy groups -OCH3 is 1. The molecule has 180 valence electrons. The van der Waals surface area contributed by atoms with Gasteiger partial charge in [0.1, 0.15) is 40.8 Å². The maximum atomic E-state index is 12.6. The minimum atomic E-state index is -0.814. The van der Waals surface area contributed by atoms with Crippen LogP contribution in [0.4, 0.5) is 23.0 Å². The third-order valence-corrected chi connectivity index (χ3v) is 5.31. The van der Waals surface area contributed by atoms with Crippen molar-refractivity contribution in [1.29, 1.82) is 10.5 Å². The Labute approximate surface area is 206 Å². The Balaban J connectivity index is 1.66. The molecule has 7 N–H and O–H groups in total. The van der Waals surface area contributed by atoms with Crippen molar-refractivity contribution in [2.75, 3.05) is 35.8 Å². The molecule has 12 heteroatoms. The molecule has 0 saturated carbocycles. The van der Waals surface area contributed by atoms with Gasteiger partial charge in [0, 0.05) is 11.1 Å². The van der Waals surface area contributed by atoms with Crippen LogP contribution in [0.5, 0.6) is 11.5 Å². The van der Waals surface area contributed by atoms with Crippen LogP contribution in [-0.2, 0) is 4.79 Å². The van der Waals surface area contributed by atoms with Crippen molar-refractivity contribution < 1.29 is 14.3 Å². The van der Waals surface area contributed by atoms with Crippen LogP contribution in [0.1, 0.15) is 22.7 Å². The number of amides is 1. The fraction of sp³-hybridized carbons (Fsp3) is 0.125. The molecule has 4 rings (SSSR count). The zero-order valence-electron chi connectivity index (χ0n) is 19.1. The summed E-state index contributed by atoms with van der Waals surface area (Å²) in [5.74, 6) is 0.743. The Hall–Kier alpha value is -5.49. The molecule has 0 saturated heterocycles. The molecular weight excluding hydrogens is 462 g/mol. The number of nitrogens with one attached hydrogen (secondary N) is 3. The maximum absolute atomic E-state index is 12.6. The molecule has 3 aromatic rings. The lowest BCUT2D eigenvalue weighted by Crippen LogP contribution is -2.33. The van der Waals surface area contributed by atoms with Crippen LogP contribution in [0, 0.1) is 22.8 Å². The number of carbonyl (C=O) groups is 1. The summed E-state index contributed by atoms with van der Waals surface area (Å²) in [6, 6.07) is 15.1. The smallest absolute Gasteiger partial charge is 0.262 e. The monoisotopic (exact) mass is 483 g/mol. The molecule has 1 unspecified atom stereocenters. The molecule has 1 aromatic heterocycles. The Morgan fingerprint density at radius 1 is 1.14 bits per heavy atom. The third-order valence-electron chi connectivity index (χ3n) is 5.31. The van der Waals surface area contributed by atoms with Gasteiger partial charge in [-0.25, -0.2) is 9.98 Å². The quantitative estimate of drug-likeness (QED) is 0.256. The van der Waals surface area contributed by atoms with E-state index in [9.17, 15) is 10.1 Å². The predicted molar refractivity (Wildman–Crippen MR) is 133 cm³/mol. The van der Waals surface area contributed by atoms with Gasteiger partial charge in [-0.05, 0) is 18.2 Å². The number of hydrogen-bond acceptors (Lipinski definition) is 11. The number of fused-ring (bicyclic) bond motifs is 1. The van der Waals surface area contributed by atoms with Gasteiger partial charge < -0.3 is 31.6 Å². The van der Waals surface area contributed by atoms with Crippen molar-refractivity contribution in [2.24, 2.45) is 4.99 Å². The maximum Gasteiger partial charge on any atom is 0.262 e. The van der Waals surface area contributed by atoms with Crippen molar-refractivity contribution in [2.45, 2.75) is 6.04 Å². The highest BCUT2D eigenvalue weighted by molar-refractivity contribution is 5.98. The molecule has 0 spiro atoms. The molecule has 1 atom stereocenters. The predicted octanol–water partition coefficient (Wildman–Crippen LogP) is 2.09. The SMILES string of the molecule is COc1ccccc1NC(=O)COc1ccccc1C1N=C(NC#N)Nc2nc(N)c(C#N)c(N)c21. The molecule has 1 aliphatic heterocycles. The Bertz CT molecular complexity index is 1440. The molecule has 0 radical (unpaired) electrons. The fourth-order valence-electron chi connectivity index (χ4n) is 3.72. The van der Waals surface area contributed by atoms with Gasteiger partial charge in [-0.3, -0.25) is 10.1 Å². The van der Waals surface area contributed by atoms with Crippen molar-refractivity contribution in [1.82, 2.24) is 10.3 Å². The van der Waals surface area contributed by atoms with E-state index in [1.54, 1.807) is 54.7 Å². The number of hydrogen-bond donors (Lipinski definition) is 5. The first-order valence-electron chi connectivity index (χ1n) is 10.6. The van der Waals surface area contributed by atoms with E-state index in [0.29, 0.717) is 28.3 Å². The molecule has 12 nitrogen and oxygen atoms in total. The van der Waals surface area contributed by atoms with Crippen molar-refractivity contribution in [3.05, 3.63) is 65.2 Å². The Morgan fingerprint density at radius 3 is 2.58 bits per heavy atom. The first-order chi connectivity index (χ1) is 17.5. The van der Waals surface area contributed by atoms with Crippen LogP contribution in [0.2, 0.25) is 0 Å². The Morgan fingerprint density at radius 2 is 1.86 bits per heavy atom. The van der Waals surface area contributed by atoms with Crippen LogP contribution in [0.3, 0.4) is 0 Å². The van der Waals surface area contributed by atoms with E-state index in [1.807, 2.05) is 6.07 Å². The highest BCUT2D eigenvalue weighted by Gasteiger charge is 2.31. The minimum Gasteiger partial charge on any atom is -0.495 e. The molecule has 2 aromatic carbocycles. The number of nitriles is 2. The largest absolute Gasteiger partial charge is 0.495 e. The summed E-state index contributed by atoms with van der Waals surface area (Å²) in [4.78, 5) is 21.4. The third kappa shape index (κ3) is 4.60. The summed E-state index contributed by atoms with van der Waals surface area (Å²) in [7, 11) is 1.51. The second-order valence-corrected chi connectivity index (χ2v) is 7.48. The minimum absolute atomic E-state index is 0.0158. The van der Waals surface area contributed by atoms with Gasteiger partial charge in [-0.1, -0.05) is 30.3 Å². The van der Waals surface area contributed by atoms with Crippen LogP contribution in [0.25, 0.3) is 0 Å². The molecule has 1 amide bonds. The number of nitrogen functional groups attached to an aromatic ring is 2. The summed E-state index contributed by atoms with van der Waals surface area (Å²) < 4.78 is 11.1. The fourth-order valence-corrected chi connectivity index (χ4v) is 3.72. The van der Waals surface area contributed by atoms with Gasteiger partial charge in [0.2, 0.25) is 5.96 Å². The average Bonchev–Trinajstić information content (AvgIpc) is 2.88. The molecule has 36 heavy (non-hydrogen) atoms. The summed E-state index contributed by atoms with van der Waals surface area (Å²) in [6.07, 6.45) is 1.80. The number of anilines is 4. The number of guanidine groups is 1. The lowest BCUT2D eigenvalue weighted by molar-refractivity contribution is -0.118. The summed E-state index contributed by atoms with van der Waals surface area (Å²) in [5, 5.41) is 26.7. The first kappa shape index (κ1) is 23.7. The number of nitrogens with two attached hydrogens (primary N) is 2. The number of pyridine rings is 1. The number of rotatable bonds is 6. The van der Waals surface area contributed by atoms with E-state index in [1.165, 1.54) is 7.11 Å². The van der Waals surface area contributed by atoms with E-state index >= 15 is 0 Å². The highest BCUT2D eigenvalue weighted by Crippen LogP contribution is 2.43. The second-order valence-electron chi connectivity index (χ2n) is 7.48. The van der Waals surface area contributed by atoms with Crippen molar-refractivity contribution in [3.8, 4) is 23.8 Å². The van der Waals surface area contributed by atoms with E-state index in [2.05, 4.69) is 25.9 Å². The summed E-state index contributed by atoms with van der Waals surface area (Å²) >= 11 is 0. The number of aromatic nitrogens is 1. The molecular formula is C24H21N9O3. The number of ether oxygens (including phenoxy) is 2. The number of aliphatic imine (C=N–C) groups is 1. The number of carbonyl (C=O) groups excluding carboxylic acids is 1. The second kappa shape index (κ2) is 10.2. The number of nitrogens with zero attached hydrogens (tertiary/aromatic N) is 4. The van der Waals surface area contributed by atoms with E-state index < -0.39 is 11.9 Å². The first-order valence-corrected chi connectivity index (χ1v) is 10.6. The number of benzene rings is 2. The van der Waals surface area contributed by atoms with Crippen LogP contribution in [-0.4, -0.2) is 30.6 Å². The van der Waals surface area contributed by atoms with Crippen molar-refractivity contribution >= 4 is 34.9 Å². The lowest BCUT2D eigenvalue weighted by Gasteiger charge is -2.27. The zero-order chi connectivity index (χ0) is 25.7. The Kier molecular flexibility index (Phi) is 6.70. The van der Waals surface area contributed by atoms with Crippen LogP contribution in [0.15, 0.2) is 53.5 Å². The molecule has 2 heterocycles. The zero-order valence-corrected chi connectivity index (χ0v) is 19.1. The number of para-hydroxylation sites is 3. The standard InChI is InChI=1S/C24H21N9O3/c1-35-17-9-5-3-7-15(17)30-18(34)11-36-16-8-4-2-6-13(16)21-19-20(27)14(10-25)22(28)32-23(19)33-24(31-21)29-12-26/h2-9,21H,11H2,1H3,(H,30,34)(H6,27,28,29,31,32,33). The van der Waals surface area contributed by atoms with Crippen LogP contribution < -0.4 is 36.9 Å². The van der Waals surface area contributed by atoms with E-state index in [4.69, 9.17) is 26.2 Å². The molecule has 1 aliphatic rings. The van der Waals surface area contributed by atoms with Crippen LogP contribution >= 0.6 is 0 Å². The van der Waals surface area contributed by atoms with Gasteiger partial charge in [0.05, 0.1) is 18.5 Å². The normalized spacial score (nSPS) is 13.6. The van der Waals surface area contributed by atoms with Gasteiger partial charge in [0.15, 0.2) is 12.8 Å². The van der Waals surface area contributed by atoms with E-state index in [0.717, 1.165) is 0 Å².